The summed E-state index contributed by atoms with van der Waals surface area (Å²) >= 11 is 3.27. The molecule has 0 aromatic carbocycles. The topological polar surface area (TPSA) is 59.1 Å². The Bertz CT molecular complexity index is 426. The summed E-state index contributed by atoms with van der Waals surface area (Å²) in [6.07, 6.45) is 1.64. The summed E-state index contributed by atoms with van der Waals surface area (Å²) in [5.41, 5.74) is 0.142. The number of carbonyl (C=O) groups is 1. The van der Waals surface area contributed by atoms with Crippen molar-refractivity contribution in [1.29, 1.82) is 0 Å². The van der Waals surface area contributed by atoms with Crippen LogP contribution in [0.1, 0.15) is 26.5 Å². The molecule has 0 saturated heterocycles. The second-order valence-electron chi connectivity index (χ2n) is 4.64. The molecule has 0 aliphatic carbocycles. The van der Waals surface area contributed by atoms with Gasteiger partial charge in [-0.3, -0.25) is 14.5 Å². The maximum atomic E-state index is 11.7. The molecule has 94 valence electrons. The SMILES string of the molecule is CC(C)(C)C(=O)N[S@@](=O)Cc1ccc(Br)cn1. The normalized spacial score (nSPS) is 13.2. The van der Waals surface area contributed by atoms with Gasteiger partial charge in [0.15, 0.2) is 0 Å². The lowest BCUT2D eigenvalue weighted by Gasteiger charge is -2.16. The molecule has 4 nitrogen and oxygen atoms in total. The van der Waals surface area contributed by atoms with Crippen molar-refractivity contribution in [2.75, 3.05) is 0 Å². The van der Waals surface area contributed by atoms with E-state index >= 15 is 0 Å². The fourth-order valence-corrected chi connectivity index (χ4v) is 2.18. The average molecular weight is 319 g/mol. The molecule has 0 unspecified atom stereocenters. The minimum Gasteiger partial charge on any atom is -0.274 e. The van der Waals surface area contributed by atoms with Crippen molar-refractivity contribution >= 4 is 32.8 Å². The molecule has 1 heterocycles. The third-order valence-corrected chi connectivity index (χ3v) is 3.40. The highest BCUT2D eigenvalue weighted by Crippen LogP contribution is 2.13. The van der Waals surface area contributed by atoms with E-state index in [0.29, 0.717) is 5.69 Å². The Labute approximate surface area is 112 Å². The Morgan fingerprint density at radius 2 is 2.12 bits per heavy atom. The molecule has 1 atom stereocenters. The van der Waals surface area contributed by atoms with Gasteiger partial charge in [0.1, 0.15) is 11.0 Å². The van der Waals surface area contributed by atoms with Gasteiger partial charge < -0.3 is 0 Å². The smallest absolute Gasteiger partial charge is 0.237 e. The molecular formula is C11H15BrN2O2S. The molecule has 0 bridgehead atoms. The quantitative estimate of drug-likeness (QED) is 0.929. The molecule has 1 aromatic heterocycles. The molecule has 0 aliphatic heterocycles. The van der Waals surface area contributed by atoms with Gasteiger partial charge in [-0.15, -0.1) is 0 Å². The maximum Gasteiger partial charge on any atom is 0.237 e. The Morgan fingerprint density at radius 1 is 1.47 bits per heavy atom. The zero-order valence-electron chi connectivity index (χ0n) is 9.99. The van der Waals surface area contributed by atoms with E-state index in [1.54, 1.807) is 33.0 Å². The van der Waals surface area contributed by atoms with E-state index in [1.807, 2.05) is 6.07 Å². The van der Waals surface area contributed by atoms with Crippen molar-refractivity contribution in [2.24, 2.45) is 5.41 Å². The molecule has 17 heavy (non-hydrogen) atoms. The van der Waals surface area contributed by atoms with Gasteiger partial charge in [0.05, 0.1) is 11.4 Å². The van der Waals surface area contributed by atoms with Crippen molar-refractivity contribution in [3.63, 3.8) is 0 Å². The summed E-state index contributed by atoms with van der Waals surface area (Å²) in [4.78, 5) is 15.7. The van der Waals surface area contributed by atoms with Crippen molar-refractivity contribution < 1.29 is 9.00 Å². The molecule has 0 radical (unpaired) electrons. The van der Waals surface area contributed by atoms with Crippen molar-refractivity contribution in [2.45, 2.75) is 26.5 Å². The van der Waals surface area contributed by atoms with Crippen LogP contribution >= 0.6 is 15.9 Å². The van der Waals surface area contributed by atoms with Crippen molar-refractivity contribution in [3.8, 4) is 0 Å². The molecule has 0 saturated carbocycles. The van der Waals surface area contributed by atoms with Gasteiger partial charge in [0, 0.05) is 16.1 Å². The van der Waals surface area contributed by atoms with Gasteiger partial charge in [0.2, 0.25) is 5.91 Å². The lowest BCUT2D eigenvalue weighted by Crippen LogP contribution is -2.36. The van der Waals surface area contributed by atoms with Crippen molar-refractivity contribution in [1.82, 2.24) is 9.71 Å². The first-order valence-electron chi connectivity index (χ1n) is 5.09. The van der Waals surface area contributed by atoms with Crippen LogP contribution in [0, 0.1) is 5.41 Å². The highest BCUT2D eigenvalue weighted by molar-refractivity contribution is 9.10. The first-order chi connectivity index (χ1) is 7.79. The van der Waals surface area contributed by atoms with Gasteiger partial charge in [-0.2, -0.15) is 0 Å². The highest BCUT2D eigenvalue weighted by Gasteiger charge is 2.22. The number of nitrogens with one attached hydrogen (secondary N) is 1. The van der Waals surface area contributed by atoms with Crippen LogP contribution in [0.4, 0.5) is 0 Å². The monoisotopic (exact) mass is 318 g/mol. The van der Waals surface area contributed by atoms with E-state index in [4.69, 9.17) is 0 Å². The zero-order valence-corrected chi connectivity index (χ0v) is 12.4. The van der Waals surface area contributed by atoms with Crippen LogP contribution in [0.5, 0.6) is 0 Å². The van der Waals surface area contributed by atoms with E-state index in [-0.39, 0.29) is 11.7 Å². The Kier molecular flexibility index (Phi) is 4.82. The van der Waals surface area contributed by atoms with E-state index in [9.17, 15) is 9.00 Å². The summed E-state index contributed by atoms with van der Waals surface area (Å²) < 4.78 is 15.0. The highest BCUT2D eigenvalue weighted by atomic mass is 79.9. The first-order valence-corrected chi connectivity index (χ1v) is 7.20. The number of pyridine rings is 1. The Hall–Kier alpha value is -0.750. The number of hydrogen-bond donors (Lipinski definition) is 1. The molecule has 0 aliphatic rings. The molecule has 1 amide bonds. The summed E-state index contributed by atoms with van der Waals surface area (Å²) in [6.45, 7) is 5.33. The lowest BCUT2D eigenvalue weighted by atomic mass is 9.96. The summed E-state index contributed by atoms with van der Waals surface area (Å²) in [5, 5.41) is 0. The molecule has 0 fully saturated rings. The Morgan fingerprint density at radius 3 is 2.59 bits per heavy atom. The van der Waals surface area contributed by atoms with Gasteiger partial charge in [-0.1, -0.05) is 20.8 Å². The first kappa shape index (κ1) is 14.3. The second-order valence-corrected chi connectivity index (χ2v) is 6.74. The number of nitrogens with zero attached hydrogens (tertiary/aromatic N) is 1. The van der Waals surface area contributed by atoms with Crippen LogP contribution in [0.25, 0.3) is 0 Å². The predicted molar refractivity (Wildman–Crippen MR) is 71.4 cm³/mol. The van der Waals surface area contributed by atoms with E-state index in [1.165, 1.54) is 0 Å². The number of rotatable bonds is 3. The third-order valence-electron chi connectivity index (χ3n) is 1.96. The fourth-order valence-electron chi connectivity index (χ4n) is 0.919. The Balaban J connectivity index is 2.56. The molecular weight excluding hydrogens is 304 g/mol. The standard InChI is InChI=1S/C11H15BrN2O2S/c1-11(2,3)10(15)14-17(16)7-9-5-4-8(12)6-13-9/h4-6H,7H2,1-3H3,(H,14,15)/t17-/m0/s1. The number of hydrogen-bond acceptors (Lipinski definition) is 3. The minimum absolute atomic E-state index is 0.217. The van der Waals surface area contributed by atoms with Gasteiger partial charge >= 0.3 is 0 Å². The molecule has 1 N–H and O–H groups in total. The molecule has 0 spiro atoms. The number of carbonyl (C=O) groups excluding carboxylic acids is 1. The minimum atomic E-state index is -1.43. The van der Waals surface area contributed by atoms with Crippen LogP contribution in [-0.2, 0) is 21.5 Å². The van der Waals surface area contributed by atoms with Crippen LogP contribution < -0.4 is 4.72 Å². The summed E-state index contributed by atoms with van der Waals surface area (Å²) in [6, 6.07) is 3.59. The summed E-state index contributed by atoms with van der Waals surface area (Å²) in [7, 11) is -1.43. The van der Waals surface area contributed by atoms with Crippen LogP contribution in [0.2, 0.25) is 0 Å². The number of aromatic nitrogens is 1. The maximum absolute atomic E-state index is 11.7. The van der Waals surface area contributed by atoms with Gasteiger partial charge in [0.25, 0.3) is 0 Å². The number of amides is 1. The van der Waals surface area contributed by atoms with Crippen LogP contribution in [-0.4, -0.2) is 15.1 Å². The fraction of sp³-hybridized carbons (Fsp3) is 0.455. The third kappa shape index (κ3) is 4.95. The van der Waals surface area contributed by atoms with E-state index in [0.717, 1.165) is 4.47 Å². The largest absolute Gasteiger partial charge is 0.274 e. The number of halogens is 1. The second kappa shape index (κ2) is 5.73. The zero-order chi connectivity index (χ0) is 13.1. The lowest BCUT2D eigenvalue weighted by molar-refractivity contribution is -0.126. The van der Waals surface area contributed by atoms with Crippen LogP contribution in [0.3, 0.4) is 0 Å². The molecule has 6 heteroatoms. The predicted octanol–water partition coefficient (Wildman–Crippen LogP) is 2.17. The molecule has 1 aromatic rings. The summed E-state index contributed by atoms with van der Waals surface area (Å²) in [5.74, 6) is -0.0114. The van der Waals surface area contributed by atoms with Gasteiger partial charge in [-0.05, 0) is 28.1 Å². The average Bonchev–Trinajstić information content (AvgIpc) is 2.20. The van der Waals surface area contributed by atoms with E-state index in [2.05, 4.69) is 25.6 Å². The molecule has 1 rings (SSSR count). The van der Waals surface area contributed by atoms with Gasteiger partial charge in [-0.25, -0.2) is 4.21 Å². The van der Waals surface area contributed by atoms with Crippen LogP contribution in [0.15, 0.2) is 22.8 Å². The van der Waals surface area contributed by atoms with Crippen molar-refractivity contribution in [3.05, 3.63) is 28.5 Å². The van der Waals surface area contributed by atoms with E-state index < -0.39 is 16.4 Å².